The summed E-state index contributed by atoms with van der Waals surface area (Å²) in [6.45, 7) is 0.867. The van der Waals surface area contributed by atoms with Crippen LogP contribution in [0.5, 0.6) is 0 Å². The van der Waals surface area contributed by atoms with Crippen molar-refractivity contribution in [2.75, 3.05) is 6.54 Å². The zero-order valence-electron chi connectivity index (χ0n) is 27.9. The number of nitrogens with two attached hydrogens (primary N) is 1. The minimum Gasteiger partial charge on any atom is -0.330 e. The molecule has 4 nitrogen and oxygen atoms in total. The molecular formula is C37H76N2O2. The second-order valence-electron chi connectivity index (χ2n) is 13.1. The lowest BCUT2D eigenvalue weighted by molar-refractivity contribution is -0.129. The van der Waals surface area contributed by atoms with Crippen LogP contribution in [0, 0.1) is 0 Å². The monoisotopic (exact) mass is 581 g/mol. The average molecular weight is 581 g/mol. The number of hydrogen-bond acceptors (Lipinski definition) is 3. The first-order valence-electron chi connectivity index (χ1n) is 18.9. The summed E-state index contributed by atoms with van der Waals surface area (Å²) in [6, 6.07) is 0. The first kappa shape index (κ1) is 40.4. The van der Waals surface area contributed by atoms with Gasteiger partial charge in [0.25, 0.3) is 0 Å². The molecule has 0 aliphatic heterocycles. The summed E-state index contributed by atoms with van der Waals surface area (Å²) in [5.41, 5.74) is 7.25. The number of unbranched alkanes of at least 4 members (excludes halogenated alkanes) is 33. The van der Waals surface area contributed by atoms with Crippen molar-refractivity contribution in [3.63, 3.8) is 0 Å². The lowest BCUT2D eigenvalue weighted by atomic mass is 10.0. The topological polar surface area (TPSA) is 75.4 Å². The average Bonchev–Trinajstić information content (AvgIpc) is 2.99. The molecule has 0 unspecified atom stereocenters. The van der Waals surface area contributed by atoms with Crippen molar-refractivity contribution in [2.45, 2.75) is 225 Å². The summed E-state index contributed by atoms with van der Waals surface area (Å²) >= 11 is 0. The van der Waals surface area contributed by atoms with Crippen LogP contribution in [0.15, 0.2) is 0 Å². The zero-order chi connectivity index (χ0) is 29.7. The van der Waals surface area contributed by atoms with Crippen LogP contribution in [0.25, 0.3) is 0 Å². The van der Waals surface area contributed by atoms with Gasteiger partial charge in [-0.1, -0.05) is 205 Å². The van der Waals surface area contributed by atoms with E-state index in [0.29, 0.717) is 6.42 Å². The molecule has 0 aromatic heterocycles. The fraction of sp³-hybridized carbons (Fsp3) is 0.973. The van der Waals surface area contributed by atoms with Gasteiger partial charge in [-0.05, 0) is 19.4 Å². The molecule has 0 aromatic rings. The third kappa shape index (κ3) is 37.4. The fourth-order valence-electron chi connectivity index (χ4n) is 6.14. The third-order valence-electron chi connectivity index (χ3n) is 8.98. The second kappa shape index (κ2) is 37.4. The highest BCUT2D eigenvalue weighted by atomic mass is 16.5. The molecule has 0 atom stereocenters. The molecular weight excluding hydrogens is 504 g/mol. The van der Waals surface area contributed by atoms with E-state index in [4.69, 9.17) is 10.9 Å². The third-order valence-corrected chi connectivity index (χ3v) is 8.98. The predicted octanol–water partition coefficient (Wildman–Crippen LogP) is 12.1. The number of carbonyl (C=O) groups is 1. The van der Waals surface area contributed by atoms with E-state index in [9.17, 15) is 4.79 Å². The molecule has 0 aromatic carbocycles. The number of amides is 1. The van der Waals surface area contributed by atoms with Gasteiger partial charge in [0.2, 0.25) is 5.91 Å². The Kier molecular flexibility index (Phi) is 36.9. The molecule has 0 aliphatic carbocycles. The van der Waals surface area contributed by atoms with Crippen molar-refractivity contribution >= 4 is 5.91 Å². The van der Waals surface area contributed by atoms with Crippen LogP contribution in [0.4, 0.5) is 0 Å². The molecule has 4 N–H and O–H groups in total. The van der Waals surface area contributed by atoms with Crippen LogP contribution in [-0.2, 0) is 4.79 Å². The lowest BCUT2D eigenvalue weighted by Gasteiger charge is -2.05. The molecule has 0 saturated carbocycles. The molecule has 41 heavy (non-hydrogen) atoms. The molecule has 0 spiro atoms. The Bertz CT molecular complexity index is 486. The number of nitrogens with one attached hydrogen (secondary N) is 1. The van der Waals surface area contributed by atoms with Crippen molar-refractivity contribution < 1.29 is 10.0 Å². The summed E-state index contributed by atoms with van der Waals surface area (Å²) in [7, 11) is 0. The molecule has 1 amide bonds. The van der Waals surface area contributed by atoms with Crippen LogP contribution >= 0.6 is 0 Å². The molecule has 4 heteroatoms. The van der Waals surface area contributed by atoms with E-state index in [1.54, 1.807) is 5.48 Å². The fourth-order valence-corrected chi connectivity index (χ4v) is 6.14. The van der Waals surface area contributed by atoms with E-state index in [2.05, 4.69) is 0 Å². The lowest BCUT2D eigenvalue weighted by Crippen LogP contribution is -2.17. The first-order valence-corrected chi connectivity index (χ1v) is 18.9. The predicted molar refractivity (Wildman–Crippen MR) is 181 cm³/mol. The van der Waals surface area contributed by atoms with Crippen molar-refractivity contribution in [3.05, 3.63) is 0 Å². The van der Waals surface area contributed by atoms with Gasteiger partial charge in [-0.25, -0.2) is 5.48 Å². The Morgan fingerprint density at radius 3 is 0.683 bits per heavy atom. The molecule has 0 heterocycles. The van der Waals surface area contributed by atoms with E-state index in [1.807, 2.05) is 0 Å². The van der Waals surface area contributed by atoms with Crippen LogP contribution in [0.2, 0.25) is 0 Å². The van der Waals surface area contributed by atoms with Crippen molar-refractivity contribution in [1.29, 1.82) is 0 Å². The number of hydrogen-bond donors (Lipinski definition) is 3. The van der Waals surface area contributed by atoms with Gasteiger partial charge in [-0.3, -0.25) is 10.0 Å². The molecule has 0 bridgehead atoms. The zero-order valence-corrected chi connectivity index (χ0v) is 27.9. The van der Waals surface area contributed by atoms with Crippen LogP contribution in [0.3, 0.4) is 0 Å². The van der Waals surface area contributed by atoms with Gasteiger partial charge >= 0.3 is 0 Å². The van der Waals surface area contributed by atoms with E-state index in [0.717, 1.165) is 19.4 Å². The first-order chi connectivity index (χ1) is 20.3. The molecule has 0 aliphatic rings. The normalized spacial score (nSPS) is 11.4. The van der Waals surface area contributed by atoms with Gasteiger partial charge in [0, 0.05) is 6.42 Å². The standard InChI is InChI=1S/C37H76N2O2/c38-36-34-32-30-28-26-24-22-20-18-16-14-12-10-8-6-4-2-1-3-5-7-9-11-13-15-17-19-21-23-25-27-29-31-33-35-37(40)39-41/h41H,1-36,38H2,(H,39,40). The van der Waals surface area contributed by atoms with Crippen molar-refractivity contribution in [3.8, 4) is 0 Å². The second-order valence-corrected chi connectivity index (χ2v) is 13.1. The summed E-state index contributed by atoms with van der Waals surface area (Å²) < 4.78 is 0. The van der Waals surface area contributed by atoms with E-state index in [-0.39, 0.29) is 5.91 Å². The maximum absolute atomic E-state index is 10.9. The Labute approximate surface area is 258 Å². The Balaban J connectivity index is 3.04. The molecule has 0 radical (unpaired) electrons. The van der Waals surface area contributed by atoms with Crippen LogP contribution < -0.4 is 11.2 Å². The van der Waals surface area contributed by atoms with Gasteiger partial charge < -0.3 is 5.73 Å². The SMILES string of the molecule is NCCCCCCCCCCCCCCCCCCCCCCCCCCCCCCCCCCCCC(=O)NO. The summed E-state index contributed by atoms with van der Waals surface area (Å²) in [5, 5.41) is 8.46. The maximum atomic E-state index is 10.9. The summed E-state index contributed by atoms with van der Waals surface area (Å²) in [4.78, 5) is 10.9. The van der Waals surface area contributed by atoms with Crippen LogP contribution in [0.1, 0.15) is 225 Å². The highest BCUT2D eigenvalue weighted by molar-refractivity contribution is 5.74. The molecule has 0 rings (SSSR count). The largest absolute Gasteiger partial charge is 0.330 e. The smallest absolute Gasteiger partial charge is 0.243 e. The number of rotatable bonds is 36. The number of hydroxylamine groups is 1. The molecule has 246 valence electrons. The Morgan fingerprint density at radius 2 is 0.512 bits per heavy atom. The van der Waals surface area contributed by atoms with Gasteiger partial charge in [0.1, 0.15) is 0 Å². The van der Waals surface area contributed by atoms with Gasteiger partial charge in [-0.2, -0.15) is 0 Å². The summed E-state index contributed by atoms with van der Waals surface area (Å²) in [6.07, 6.45) is 47.9. The highest BCUT2D eigenvalue weighted by Crippen LogP contribution is 2.17. The minimum atomic E-state index is -0.255. The minimum absolute atomic E-state index is 0.255. The Hall–Kier alpha value is -0.610. The highest BCUT2D eigenvalue weighted by Gasteiger charge is 1.99. The molecule has 0 fully saturated rings. The summed E-state index contributed by atoms with van der Waals surface area (Å²) in [5.74, 6) is -0.255. The molecule has 0 saturated heterocycles. The maximum Gasteiger partial charge on any atom is 0.243 e. The van der Waals surface area contributed by atoms with E-state index < -0.39 is 0 Å². The van der Waals surface area contributed by atoms with Gasteiger partial charge in [0.05, 0.1) is 0 Å². The quantitative estimate of drug-likeness (QED) is 0.0392. The van der Waals surface area contributed by atoms with Gasteiger partial charge in [0.15, 0.2) is 0 Å². The van der Waals surface area contributed by atoms with E-state index >= 15 is 0 Å². The number of carbonyl (C=O) groups excluding carboxylic acids is 1. The van der Waals surface area contributed by atoms with Gasteiger partial charge in [-0.15, -0.1) is 0 Å². The van der Waals surface area contributed by atoms with Crippen LogP contribution in [-0.4, -0.2) is 17.7 Å². The Morgan fingerprint density at radius 1 is 0.341 bits per heavy atom. The van der Waals surface area contributed by atoms with E-state index in [1.165, 1.54) is 205 Å². The van der Waals surface area contributed by atoms with Crippen molar-refractivity contribution in [1.82, 2.24) is 5.48 Å². The van der Waals surface area contributed by atoms with Crippen molar-refractivity contribution in [2.24, 2.45) is 5.73 Å².